The van der Waals surface area contributed by atoms with Crippen LogP contribution in [-0.4, -0.2) is 21.4 Å². The third kappa shape index (κ3) is 3.20. The van der Waals surface area contributed by atoms with Gasteiger partial charge < -0.3 is 10.1 Å². The summed E-state index contributed by atoms with van der Waals surface area (Å²) in [5.41, 5.74) is 2.32. The summed E-state index contributed by atoms with van der Waals surface area (Å²) in [5, 5.41) is 7.45. The molecule has 0 bridgehead atoms. The van der Waals surface area contributed by atoms with E-state index in [0.717, 1.165) is 15.7 Å². The third-order valence-electron chi connectivity index (χ3n) is 4.00. The van der Waals surface area contributed by atoms with Crippen molar-refractivity contribution in [3.8, 4) is 5.75 Å². The Balaban J connectivity index is 1.82. The summed E-state index contributed by atoms with van der Waals surface area (Å²) in [7, 11) is 0. The van der Waals surface area contributed by atoms with E-state index in [2.05, 4.69) is 31.3 Å². The number of para-hydroxylation sites is 1. The van der Waals surface area contributed by atoms with E-state index in [1.54, 1.807) is 22.9 Å². The fourth-order valence-corrected chi connectivity index (χ4v) is 3.31. The Kier molecular flexibility index (Phi) is 4.42. The van der Waals surface area contributed by atoms with E-state index in [-0.39, 0.29) is 5.75 Å². The van der Waals surface area contributed by atoms with E-state index in [9.17, 15) is 8.78 Å². The molecule has 0 amide bonds. The molecular formula is C18H13BrF2N4O. The number of anilines is 1. The van der Waals surface area contributed by atoms with Crippen molar-refractivity contribution in [2.45, 2.75) is 12.7 Å². The average molecular weight is 419 g/mol. The number of hydrogen-bond acceptors (Lipinski definition) is 4. The second-order valence-electron chi connectivity index (χ2n) is 5.61. The van der Waals surface area contributed by atoms with Gasteiger partial charge in [-0.1, -0.05) is 46.3 Å². The van der Waals surface area contributed by atoms with Gasteiger partial charge in [0.15, 0.2) is 0 Å². The number of nitrogens with one attached hydrogen (secondary N) is 1. The molecule has 1 aromatic heterocycles. The zero-order valence-corrected chi connectivity index (χ0v) is 14.9. The summed E-state index contributed by atoms with van der Waals surface area (Å²) in [4.78, 5) is 4.22. The van der Waals surface area contributed by atoms with Gasteiger partial charge in [0.05, 0.1) is 0 Å². The van der Waals surface area contributed by atoms with Crippen molar-refractivity contribution < 1.29 is 13.5 Å². The quantitative estimate of drug-likeness (QED) is 0.667. The zero-order valence-electron chi connectivity index (χ0n) is 13.3. The maximum Gasteiger partial charge on any atom is 0.387 e. The van der Waals surface area contributed by atoms with Crippen LogP contribution in [0.3, 0.4) is 0 Å². The number of hydrogen-bond donors (Lipinski definition) is 1. The SMILES string of the molecule is FC(F)Oc1ccccc1[C@@H]1C=C(c2cccc(Br)c2)Nc2ncnn21. The molecule has 2 aromatic carbocycles. The van der Waals surface area contributed by atoms with Gasteiger partial charge in [-0.3, -0.25) is 0 Å². The van der Waals surface area contributed by atoms with Gasteiger partial charge in [0, 0.05) is 15.7 Å². The van der Waals surface area contributed by atoms with Crippen LogP contribution in [0.2, 0.25) is 0 Å². The first-order valence-corrected chi connectivity index (χ1v) is 8.59. The average Bonchev–Trinajstić information content (AvgIpc) is 3.09. The Hall–Kier alpha value is -2.74. The molecule has 1 aliphatic rings. The Morgan fingerprint density at radius 2 is 2.00 bits per heavy atom. The third-order valence-corrected chi connectivity index (χ3v) is 4.49. The molecule has 0 radical (unpaired) electrons. The largest absolute Gasteiger partial charge is 0.434 e. The number of alkyl halides is 2. The summed E-state index contributed by atoms with van der Waals surface area (Å²) in [6.07, 6.45) is 3.33. The van der Waals surface area contributed by atoms with E-state index >= 15 is 0 Å². The molecule has 8 heteroatoms. The molecular weight excluding hydrogens is 406 g/mol. The maximum atomic E-state index is 12.8. The van der Waals surface area contributed by atoms with Crippen LogP contribution < -0.4 is 10.1 Å². The van der Waals surface area contributed by atoms with Crippen LogP contribution in [0.5, 0.6) is 5.75 Å². The standard InChI is InChI=1S/C18H13BrF2N4O/c19-12-5-3-4-11(8-12)14-9-15(25-18(24-14)22-10-23-25)13-6-1-2-7-16(13)26-17(20)21/h1-10,15,17H,(H,22,23,24)/t15-/m0/s1. The van der Waals surface area contributed by atoms with Gasteiger partial charge >= 0.3 is 6.61 Å². The second kappa shape index (κ2) is 6.87. The van der Waals surface area contributed by atoms with Gasteiger partial charge in [-0.2, -0.15) is 18.9 Å². The topological polar surface area (TPSA) is 52.0 Å². The Labute approximate surface area is 156 Å². The predicted octanol–water partition coefficient (Wildman–Crippen LogP) is 4.70. The zero-order chi connectivity index (χ0) is 18.1. The van der Waals surface area contributed by atoms with Gasteiger partial charge in [-0.25, -0.2) is 4.68 Å². The molecule has 0 saturated carbocycles. The van der Waals surface area contributed by atoms with Gasteiger partial charge in [-0.05, 0) is 29.8 Å². The number of rotatable bonds is 4. The van der Waals surface area contributed by atoms with Crippen LogP contribution in [-0.2, 0) is 0 Å². The predicted molar refractivity (Wildman–Crippen MR) is 97.0 cm³/mol. The number of allylic oxidation sites excluding steroid dienone is 1. The first-order chi connectivity index (χ1) is 12.6. The lowest BCUT2D eigenvalue weighted by Gasteiger charge is -2.25. The molecule has 5 nitrogen and oxygen atoms in total. The Bertz CT molecular complexity index is 973. The van der Waals surface area contributed by atoms with Crippen molar-refractivity contribution in [3.05, 3.63) is 76.5 Å². The van der Waals surface area contributed by atoms with Crippen LogP contribution in [0.25, 0.3) is 5.70 Å². The number of ether oxygens (including phenoxy) is 1. The fourth-order valence-electron chi connectivity index (χ4n) is 2.91. The molecule has 26 heavy (non-hydrogen) atoms. The molecule has 0 fully saturated rings. The smallest absolute Gasteiger partial charge is 0.387 e. The minimum absolute atomic E-state index is 0.112. The lowest BCUT2D eigenvalue weighted by Crippen LogP contribution is -2.21. The highest BCUT2D eigenvalue weighted by molar-refractivity contribution is 9.10. The minimum atomic E-state index is -2.90. The number of halogens is 3. The van der Waals surface area contributed by atoms with Crippen molar-refractivity contribution in [2.75, 3.05) is 5.32 Å². The first kappa shape index (κ1) is 16.7. The van der Waals surface area contributed by atoms with Crippen molar-refractivity contribution in [1.82, 2.24) is 14.8 Å². The monoisotopic (exact) mass is 418 g/mol. The van der Waals surface area contributed by atoms with Crippen LogP contribution >= 0.6 is 15.9 Å². The number of benzene rings is 2. The lowest BCUT2D eigenvalue weighted by atomic mass is 10.0. The van der Waals surface area contributed by atoms with E-state index in [0.29, 0.717) is 11.5 Å². The molecule has 0 unspecified atom stereocenters. The molecule has 1 N–H and O–H groups in total. The fraction of sp³-hybridized carbons (Fsp3) is 0.111. The van der Waals surface area contributed by atoms with Gasteiger partial charge in [0.25, 0.3) is 0 Å². The number of aromatic nitrogens is 3. The van der Waals surface area contributed by atoms with Crippen molar-refractivity contribution in [1.29, 1.82) is 0 Å². The first-order valence-electron chi connectivity index (χ1n) is 7.80. The van der Waals surface area contributed by atoms with Gasteiger partial charge in [0.2, 0.25) is 5.95 Å². The minimum Gasteiger partial charge on any atom is -0.434 e. The second-order valence-corrected chi connectivity index (χ2v) is 6.52. The van der Waals surface area contributed by atoms with Crippen LogP contribution in [0.15, 0.2) is 65.4 Å². The Morgan fingerprint density at radius 1 is 1.15 bits per heavy atom. The van der Waals surface area contributed by atoms with Crippen LogP contribution in [0.4, 0.5) is 14.7 Å². The van der Waals surface area contributed by atoms with Crippen molar-refractivity contribution in [2.24, 2.45) is 0 Å². The molecule has 2 heterocycles. The highest BCUT2D eigenvalue weighted by atomic mass is 79.9. The van der Waals surface area contributed by atoms with E-state index < -0.39 is 12.7 Å². The number of fused-ring (bicyclic) bond motifs is 1. The number of nitrogens with zero attached hydrogens (tertiary/aromatic N) is 3. The van der Waals surface area contributed by atoms with Crippen LogP contribution in [0, 0.1) is 0 Å². The highest BCUT2D eigenvalue weighted by Gasteiger charge is 2.26. The summed E-state index contributed by atoms with van der Waals surface area (Å²) in [6, 6.07) is 14.0. The summed E-state index contributed by atoms with van der Waals surface area (Å²) < 4.78 is 32.9. The van der Waals surface area contributed by atoms with E-state index in [1.807, 2.05) is 30.3 Å². The molecule has 4 rings (SSSR count). The van der Waals surface area contributed by atoms with Gasteiger partial charge in [-0.15, -0.1) is 0 Å². The molecule has 132 valence electrons. The normalized spacial score (nSPS) is 16.0. The Morgan fingerprint density at radius 3 is 2.81 bits per heavy atom. The van der Waals surface area contributed by atoms with E-state index in [1.165, 1.54) is 12.4 Å². The molecule has 0 spiro atoms. The molecule has 1 atom stereocenters. The van der Waals surface area contributed by atoms with Crippen molar-refractivity contribution >= 4 is 27.6 Å². The summed E-state index contributed by atoms with van der Waals surface area (Å²) in [5.74, 6) is 0.639. The summed E-state index contributed by atoms with van der Waals surface area (Å²) >= 11 is 3.46. The highest BCUT2D eigenvalue weighted by Crippen LogP contribution is 2.36. The molecule has 0 aliphatic carbocycles. The molecule has 0 saturated heterocycles. The van der Waals surface area contributed by atoms with Gasteiger partial charge in [0.1, 0.15) is 18.1 Å². The van der Waals surface area contributed by atoms with E-state index in [4.69, 9.17) is 4.74 Å². The lowest BCUT2D eigenvalue weighted by molar-refractivity contribution is -0.0506. The molecule has 1 aliphatic heterocycles. The molecule has 3 aromatic rings. The summed E-state index contributed by atoms with van der Waals surface area (Å²) in [6.45, 7) is -2.90. The van der Waals surface area contributed by atoms with Crippen LogP contribution in [0.1, 0.15) is 17.2 Å². The van der Waals surface area contributed by atoms with Crippen molar-refractivity contribution in [3.63, 3.8) is 0 Å². The maximum absolute atomic E-state index is 12.8.